The van der Waals surface area contributed by atoms with Crippen LogP contribution in [0.1, 0.15) is 25.0 Å². The number of aryl methyl sites for hydroxylation is 2. The Morgan fingerprint density at radius 1 is 1.06 bits per heavy atom. The van der Waals surface area contributed by atoms with Crippen LogP contribution >= 0.6 is 0 Å². The van der Waals surface area contributed by atoms with Crippen LogP contribution in [-0.4, -0.2) is 15.9 Å². The molecule has 4 aromatic rings. The molecular weight excluding hydrogens is 567 g/mol. The fraction of sp³-hybridized carbons (Fsp3) is 0.154. The van der Waals surface area contributed by atoms with Crippen molar-refractivity contribution in [2.45, 2.75) is 27.7 Å². The third-order valence-corrected chi connectivity index (χ3v) is 4.31. The van der Waals surface area contributed by atoms with Gasteiger partial charge in [0.25, 0.3) is 0 Å². The third kappa shape index (κ3) is 6.74. The van der Waals surface area contributed by atoms with Gasteiger partial charge in [0, 0.05) is 37.1 Å². The monoisotopic (exact) mass is 591 g/mol. The largest absolute Gasteiger partial charge is 0.512 e. The number of furan rings is 1. The molecule has 161 valence electrons. The molecule has 0 saturated heterocycles. The summed E-state index contributed by atoms with van der Waals surface area (Å²) >= 11 is 0. The van der Waals surface area contributed by atoms with Gasteiger partial charge in [0.05, 0.1) is 12.0 Å². The average molecular weight is 591 g/mol. The summed E-state index contributed by atoms with van der Waals surface area (Å²) in [6, 6.07) is 21.7. The van der Waals surface area contributed by atoms with E-state index in [9.17, 15) is 4.79 Å². The molecule has 31 heavy (non-hydrogen) atoms. The smallest absolute Gasteiger partial charge is 0.155 e. The summed E-state index contributed by atoms with van der Waals surface area (Å²) in [5, 5.41) is 9.42. The van der Waals surface area contributed by atoms with Gasteiger partial charge in [-0.3, -0.25) is 4.79 Å². The van der Waals surface area contributed by atoms with Gasteiger partial charge in [-0.15, -0.1) is 35.9 Å². The van der Waals surface area contributed by atoms with Crippen molar-refractivity contribution in [3.8, 4) is 22.6 Å². The zero-order valence-electron chi connectivity index (χ0n) is 17.9. The Morgan fingerprint density at radius 2 is 1.77 bits per heavy atom. The standard InChI is InChI=1S/C21H16NO.C5H8O2.Ir/c1-14-8-15(2)10-17(9-14)20-12-18-11-19(22-13-21(18)23-20)16-6-4-3-5-7-16;1-4(6)3-5(2)7;/h3-6,8-13H,1-2H3;3,6H,1-2H3;/q-1;;/b;4-3-;. The van der Waals surface area contributed by atoms with Crippen LogP contribution in [0, 0.1) is 19.9 Å². The van der Waals surface area contributed by atoms with Gasteiger partial charge in [-0.1, -0.05) is 23.3 Å². The van der Waals surface area contributed by atoms with Crippen molar-refractivity contribution in [3.63, 3.8) is 0 Å². The number of aromatic nitrogens is 1. The number of allylic oxidation sites excluding steroid dienone is 2. The summed E-state index contributed by atoms with van der Waals surface area (Å²) in [6.45, 7) is 7.05. The van der Waals surface area contributed by atoms with E-state index in [1.54, 1.807) is 6.20 Å². The SMILES string of the molecule is CC(=O)/C=C(/C)O.Cc1cc(C)cc(-c2cc3cc(-c4[c-]cccc4)ncc3o2)c1.[Ir]. The minimum atomic E-state index is -0.125. The molecule has 1 radical (unpaired) electrons. The molecule has 0 aliphatic heterocycles. The fourth-order valence-corrected chi connectivity index (χ4v) is 3.20. The van der Waals surface area contributed by atoms with Gasteiger partial charge in [-0.2, -0.15) is 0 Å². The van der Waals surface area contributed by atoms with Gasteiger partial charge in [-0.25, -0.2) is 0 Å². The Kier molecular flexibility index (Phi) is 8.49. The van der Waals surface area contributed by atoms with Gasteiger partial charge >= 0.3 is 0 Å². The second-order valence-electron chi connectivity index (χ2n) is 7.27. The predicted molar refractivity (Wildman–Crippen MR) is 120 cm³/mol. The molecule has 4 nitrogen and oxygen atoms in total. The van der Waals surface area contributed by atoms with Gasteiger partial charge in [0.2, 0.25) is 0 Å². The summed E-state index contributed by atoms with van der Waals surface area (Å²) in [7, 11) is 0. The predicted octanol–water partition coefficient (Wildman–Crippen LogP) is 6.61. The minimum absolute atomic E-state index is 0. The molecule has 0 amide bonds. The van der Waals surface area contributed by atoms with Gasteiger partial charge in [-0.05, 0) is 51.6 Å². The van der Waals surface area contributed by atoms with Crippen LogP contribution in [0.3, 0.4) is 0 Å². The van der Waals surface area contributed by atoms with E-state index >= 15 is 0 Å². The zero-order chi connectivity index (χ0) is 21.7. The number of hydrogen-bond donors (Lipinski definition) is 1. The van der Waals surface area contributed by atoms with E-state index in [1.807, 2.05) is 24.3 Å². The van der Waals surface area contributed by atoms with E-state index in [4.69, 9.17) is 9.52 Å². The average Bonchev–Trinajstić information content (AvgIpc) is 3.11. The Bertz CT molecular complexity index is 1190. The van der Waals surface area contributed by atoms with E-state index < -0.39 is 0 Å². The number of carbonyl (C=O) groups is 1. The molecular formula is C26H24IrNO3-. The summed E-state index contributed by atoms with van der Waals surface area (Å²) < 4.78 is 5.98. The molecule has 0 saturated carbocycles. The Hall–Kier alpha value is -3.01. The molecule has 2 aromatic carbocycles. The Balaban J connectivity index is 0.000000373. The maximum absolute atomic E-state index is 10.0. The number of carbonyl (C=O) groups excluding carboxylic acids is 1. The van der Waals surface area contributed by atoms with E-state index in [-0.39, 0.29) is 31.6 Å². The Morgan fingerprint density at radius 3 is 2.32 bits per heavy atom. The number of pyridine rings is 1. The van der Waals surface area contributed by atoms with Crippen molar-refractivity contribution in [1.29, 1.82) is 0 Å². The quantitative estimate of drug-likeness (QED) is 0.166. The van der Waals surface area contributed by atoms with E-state index in [0.29, 0.717) is 0 Å². The second kappa shape index (κ2) is 10.9. The van der Waals surface area contributed by atoms with E-state index in [2.05, 4.69) is 55.2 Å². The number of hydrogen-bond acceptors (Lipinski definition) is 4. The van der Waals surface area contributed by atoms with Crippen LogP contribution in [0.5, 0.6) is 0 Å². The molecule has 0 unspecified atom stereocenters. The number of aliphatic hydroxyl groups excluding tert-OH is 1. The van der Waals surface area contributed by atoms with Crippen molar-refractivity contribution in [3.05, 3.63) is 89.8 Å². The minimum Gasteiger partial charge on any atom is -0.512 e. The molecule has 0 bridgehead atoms. The van der Waals surface area contributed by atoms with Crippen molar-refractivity contribution in [1.82, 2.24) is 4.98 Å². The van der Waals surface area contributed by atoms with Gasteiger partial charge in [0.1, 0.15) is 5.76 Å². The first-order valence-corrected chi connectivity index (χ1v) is 9.65. The number of rotatable bonds is 3. The molecule has 0 aliphatic carbocycles. The first kappa shape index (κ1) is 24.3. The maximum atomic E-state index is 10.0. The molecule has 0 aliphatic rings. The van der Waals surface area contributed by atoms with Crippen LogP contribution in [0.25, 0.3) is 33.6 Å². The fourth-order valence-electron chi connectivity index (χ4n) is 3.20. The molecule has 2 heterocycles. The molecule has 0 spiro atoms. The number of ketones is 1. The summed E-state index contributed by atoms with van der Waals surface area (Å²) in [5.74, 6) is 0.815. The number of fused-ring (bicyclic) bond motifs is 1. The Labute approximate surface area is 196 Å². The first-order valence-electron chi connectivity index (χ1n) is 9.65. The van der Waals surface area contributed by atoms with Crippen molar-refractivity contribution < 1.29 is 34.4 Å². The van der Waals surface area contributed by atoms with Crippen LogP contribution in [0.2, 0.25) is 0 Å². The van der Waals surface area contributed by atoms with Crippen molar-refractivity contribution >= 4 is 16.8 Å². The van der Waals surface area contributed by atoms with Crippen molar-refractivity contribution in [2.75, 3.05) is 0 Å². The normalized spacial score (nSPS) is 10.8. The summed E-state index contributed by atoms with van der Waals surface area (Å²) in [6.07, 6.45) is 2.96. The van der Waals surface area contributed by atoms with Crippen LogP contribution in [0.15, 0.2) is 77.0 Å². The summed E-state index contributed by atoms with van der Waals surface area (Å²) in [5.41, 5.74) is 6.27. The second-order valence-corrected chi connectivity index (χ2v) is 7.27. The topological polar surface area (TPSA) is 63.3 Å². The van der Waals surface area contributed by atoms with Crippen LogP contribution < -0.4 is 0 Å². The third-order valence-electron chi connectivity index (χ3n) is 4.31. The molecule has 0 fully saturated rings. The van der Waals surface area contributed by atoms with E-state index in [1.165, 1.54) is 31.1 Å². The summed E-state index contributed by atoms with van der Waals surface area (Å²) in [4.78, 5) is 14.5. The van der Waals surface area contributed by atoms with E-state index in [0.717, 1.165) is 33.6 Å². The van der Waals surface area contributed by atoms with Crippen molar-refractivity contribution in [2.24, 2.45) is 0 Å². The molecule has 5 heteroatoms. The number of aliphatic hydroxyl groups is 1. The molecule has 2 aromatic heterocycles. The zero-order valence-corrected chi connectivity index (χ0v) is 20.3. The van der Waals surface area contributed by atoms with Crippen LogP contribution in [-0.2, 0) is 24.9 Å². The van der Waals surface area contributed by atoms with Crippen LogP contribution in [0.4, 0.5) is 0 Å². The molecule has 0 atom stereocenters. The molecule has 1 N–H and O–H groups in total. The maximum Gasteiger partial charge on any atom is 0.155 e. The number of benzene rings is 2. The molecule has 4 rings (SSSR count). The van der Waals surface area contributed by atoms with Gasteiger partial charge in [0.15, 0.2) is 11.4 Å². The first-order chi connectivity index (χ1) is 14.3. The number of nitrogens with zero attached hydrogens (tertiary/aromatic N) is 1. The van der Waals surface area contributed by atoms with Gasteiger partial charge < -0.3 is 14.5 Å².